The van der Waals surface area contributed by atoms with Crippen molar-refractivity contribution in [2.24, 2.45) is 0 Å². The number of aromatic carboxylic acids is 1. The molecular weight excluding hydrogens is 474 g/mol. The first-order valence-corrected chi connectivity index (χ1v) is 11.2. The predicted octanol–water partition coefficient (Wildman–Crippen LogP) is 3.21. The number of aryl methyl sites for hydroxylation is 2. The Balaban J connectivity index is 0.00000216. The smallest absolute Gasteiger partial charge is 1.00 e. The van der Waals surface area contributed by atoms with Gasteiger partial charge in [-0.3, -0.25) is 4.79 Å². The minimum absolute atomic E-state index is 0. The minimum atomic E-state index is -4.39. The first-order valence-electron chi connectivity index (χ1n) is 10.4. The van der Waals surface area contributed by atoms with Crippen molar-refractivity contribution < 1.29 is 58.9 Å². The molecule has 0 saturated heterocycles. The van der Waals surface area contributed by atoms with Crippen LogP contribution in [0.2, 0.25) is 0 Å². The molecule has 9 heteroatoms. The molecule has 2 N–H and O–H groups in total. The Morgan fingerprint density at radius 2 is 1.62 bits per heavy atom. The molecule has 3 aromatic rings. The number of carbonyl (C=O) groups is 2. The number of halogens is 3. The maximum Gasteiger partial charge on any atom is 1.00 e. The summed E-state index contributed by atoms with van der Waals surface area (Å²) in [5.74, 6) is -1.23. The fourth-order valence-electron chi connectivity index (χ4n) is 4.08. The number of carboxylic acids is 1. The van der Waals surface area contributed by atoms with Crippen LogP contribution in [-0.2, 0) is 18.1 Å². The number of carbonyl (C=O) groups excluding carboxylic acids is 1. The first-order chi connectivity index (χ1) is 15.5. The van der Waals surface area contributed by atoms with Crippen LogP contribution in [0.4, 0.5) is 13.2 Å². The van der Waals surface area contributed by atoms with E-state index in [-0.39, 0.29) is 42.5 Å². The van der Waals surface area contributed by atoms with Crippen LogP contribution in [0.3, 0.4) is 0 Å². The molecule has 1 aromatic heterocycles. The molecule has 0 spiro atoms. The zero-order valence-corrected chi connectivity index (χ0v) is 21.9. The molecule has 1 amide bonds. The summed E-state index contributed by atoms with van der Waals surface area (Å²) in [6.45, 7) is 3.77. The number of thiophene rings is 1. The molecule has 0 bridgehead atoms. The van der Waals surface area contributed by atoms with Crippen LogP contribution >= 0.6 is 11.3 Å². The molecule has 174 valence electrons. The van der Waals surface area contributed by atoms with Gasteiger partial charge in [0, 0.05) is 9.75 Å². The van der Waals surface area contributed by atoms with Gasteiger partial charge in [0.15, 0.2) is 0 Å². The van der Waals surface area contributed by atoms with E-state index in [9.17, 15) is 22.8 Å². The fraction of sp³-hybridized carbons (Fsp3) is 0.280. The van der Waals surface area contributed by atoms with E-state index in [1.165, 1.54) is 35.6 Å². The van der Waals surface area contributed by atoms with Crippen molar-refractivity contribution in [3.63, 3.8) is 0 Å². The number of alkyl halides is 3. The van der Waals surface area contributed by atoms with Gasteiger partial charge >= 0.3 is 41.7 Å². The van der Waals surface area contributed by atoms with E-state index in [0.717, 1.165) is 45.9 Å². The number of carboxylic acid groups (broad SMARTS) is 1. The van der Waals surface area contributed by atoms with E-state index in [4.69, 9.17) is 5.11 Å². The molecule has 0 atom stereocenters. The van der Waals surface area contributed by atoms with Crippen molar-refractivity contribution >= 4 is 23.2 Å². The molecule has 34 heavy (non-hydrogen) atoms. The third kappa shape index (κ3) is 5.40. The summed E-state index contributed by atoms with van der Waals surface area (Å²) in [5.41, 5.74) is 1.88. The minimum Gasteiger partial charge on any atom is -1.00 e. The van der Waals surface area contributed by atoms with E-state index >= 15 is 0 Å². The Kier molecular flexibility index (Phi) is 7.67. The molecule has 0 aliphatic heterocycles. The molecule has 4 nitrogen and oxygen atoms in total. The van der Waals surface area contributed by atoms with Gasteiger partial charge in [0.25, 0.3) is 5.91 Å². The molecule has 2 aromatic carbocycles. The Bertz CT molecular complexity index is 1220. The van der Waals surface area contributed by atoms with Gasteiger partial charge in [-0.05, 0) is 74.1 Å². The number of amides is 1. The summed E-state index contributed by atoms with van der Waals surface area (Å²) in [6, 6.07) is 11.5. The van der Waals surface area contributed by atoms with Gasteiger partial charge in [0.1, 0.15) is 0 Å². The summed E-state index contributed by atoms with van der Waals surface area (Å²) in [4.78, 5) is 26.2. The van der Waals surface area contributed by atoms with Crippen molar-refractivity contribution in [3.05, 3.63) is 91.7 Å². The number of hydrogen-bond acceptors (Lipinski definition) is 3. The van der Waals surface area contributed by atoms with Crippen LogP contribution in [0, 0.1) is 13.8 Å². The second-order valence-electron chi connectivity index (χ2n) is 8.36. The SMILES string of the molecule is Cc1sc(C)c(C(=O)NC2(c3ccc(C(=O)O)cc3)CC2)c1Cc1ccc(C(F)(F)F)cc1.[H-].[Na+]. The summed E-state index contributed by atoms with van der Waals surface area (Å²) in [6.07, 6.45) is -2.53. The Morgan fingerprint density at radius 3 is 2.12 bits per heavy atom. The number of benzene rings is 2. The molecule has 4 rings (SSSR count). The van der Waals surface area contributed by atoms with Gasteiger partial charge in [-0.2, -0.15) is 13.2 Å². The van der Waals surface area contributed by atoms with E-state index in [0.29, 0.717) is 17.5 Å². The molecule has 1 heterocycles. The summed E-state index contributed by atoms with van der Waals surface area (Å²) < 4.78 is 38.6. The molecule has 1 fully saturated rings. The summed E-state index contributed by atoms with van der Waals surface area (Å²) in [5, 5.41) is 12.2. The molecule has 0 unspecified atom stereocenters. The summed E-state index contributed by atoms with van der Waals surface area (Å²) >= 11 is 1.49. The maximum atomic E-state index is 13.3. The van der Waals surface area contributed by atoms with Crippen LogP contribution in [0.5, 0.6) is 0 Å². The fourth-order valence-corrected chi connectivity index (χ4v) is 5.15. The summed E-state index contributed by atoms with van der Waals surface area (Å²) in [7, 11) is 0. The van der Waals surface area contributed by atoms with Crippen LogP contribution in [0.25, 0.3) is 0 Å². The Hall–Kier alpha value is -2.13. The largest absolute Gasteiger partial charge is 1.00 e. The third-order valence-corrected chi connectivity index (χ3v) is 7.12. The van der Waals surface area contributed by atoms with Crippen molar-refractivity contribution in [2.45, 2.75) is 44.8 Å². The maximum absolute atomic E-state index is 13.3. The van der Waals surface area contributed by atoms with E-state index in [1.54, 1.807) is 12.1 Å². The standard InChI is InChI=1S/C25H22F3NO3S.Na.H/c1-14-20(13-16-3-7-19(8-4-16)25(26,27)28)21(15(2)33-14)22(30)29-24(11-12-24)18-9-5-17(6-10-18)23(31)32;;/h3-10H,11-13H2,1-2H3,(H,29,30)(H,31,32);;/q;+1;-1. The topological polar surface area (TPSA) is 66.4 Å². The quantitative estimate of drug-likeness (QED) is 0.514. The number of rotatable bonds is 6. The van der Waals surface area contributed by atoms with Gasteiger partial charge in [-0.15, -0.1) is 11.3 Å². The number of hydrogen-bond donors (Lipinski definition) is 2. The molecular formula is C25H23F3NNaO3S. The van der Waals surface area contributed by atoms with Gasteiger partial charge < -0.3 is 11.8 Å². The van der Waals surface area contributed by atoms with Crippen molar-refractivity contribution in [2.75, 3.05) is 0 Å². The van der Waals surface area contributed by atoms with Crippen LogP contribution in [0.1, 0.15) is 67.0 Å². The zero-order valence-electron chi connectivity index (χ0n) is 20.0. The van der Waals surface area contributed by atoms with Crippen LogP contribution < -0.4 is 34.9 Å². The Morgan fingerprint density at radius 1 is 1.03 bits per heavy atom. The molecule has 1 aliphatic carbocycles. The zero-order chi connectivity index (χ0) is 24.0. The first kappa shape index (κ1) is 26.5. The van der Waals surface area contributed by atoms with Gasteiger partial charge in [-0.25, -0.2) is 4.79 Å². The van der Waals surface area contributed by atoms with E-state index < -0.39 is 23.2 Å². The van der Waals surface area contributed by atoms with Crippen molar-refractivity contribution in [1.29, 1.82) is 0 Å². The number of nitrogens with one attached hydrogen (secondary N) is 1. The second-order valence-corrected chi connectivity index (χ2v) is 9.79. The second kappa shape index (κ2) is 9.85. The average Bonchev–Trinajstić information content (AvgIpc) is 3.47. The van der Waals surface area contributed by atoms with Gasteiger partial charge in [0.2, 0.25) is 0 Å². The van der Waals surface area contributed by atoms with Gasteiger partial charge in [-0.1, -0.05) is 24.3 Å². The molecule has 0 radical (unpaired) electrons. The van der Waals surface area contributed by atoms with Crippen molar-refractivity contribution in [3.8, 4) is 0 Å². The average molecular weight is 498 g/mol. The monoisotopic (exact) mass is 497 g/mol. The van der Waals surface area contributed by atoms with Crippen molar-refractivity contribution in [1.82, 2.24) is 5.32 Å². The Labute approximate surface area is 223 Å². The van der Waals surface area contributed by atoms with E-state index in [1.807, 2.05) is 13.8 Å². The molecule has 1 saturated carbocycles. The van der Waals surface area contributed by atoms with Gasteiger partial charge in [0.05, 0.1) is 22.2 Å². The van der Waals surface area contributed by atoms with E-state index in [2.05, 4.69) is 5.32 Å². The van der Waals surface area contributed by atoms with Crippen LogP contribution in [-0.4, -0.2) is 17.0 Å². The van der Waals surface area contributed by atoms with Crippen LogP contribution in [0.15, 0.2) is 48.5 Å². The predicted molar refractivity (Wildman–Crippen MR) is 121 cm³/mol. The molecule has 1 aliphatic rings. The third-order valence-electron chi connectivity index (χ3n) is 6.06. The normalized spacial score (nSPS) is 14.3.